The summed E-state index contributed by atoms with van der Waals surface area (Å²) in [6.45, 7) is 2.96. The van der Waals surface area contributed by atoms with Crippen LogP contribution in [0.4, 0.5) is 15.5 Å². The molecule has 0 saturated carbocycles. The van der Waals surface area contributed by atoms with Crippen LogP contribution in [0, 0.1) is 11.3 Å². The average molecular weight is 349 g/mol. The lowest BCUT2D eigenvalue weighted by atomic mass is 10.1. The summed E-state index contributed by atoms with van der Waals surface area (Å²) in [5, 5.41) is 13.2. The second kappa shape index (κ2) is 6.44. The molecular weight excluding hydrogens is 336 g/mol. The van der Waals surface area contributed by atoms with Gasteiger partial charge in [0.25, 0.3) is 0 Å². The van der Waals surface area contributed by atoms with Crippen LogP contribution in [0.5, 0.6) is 0 Å². The number of anilines is 2. The van der Waals surface area contributed by atoms with Gasteiger partial charge in [0, 0.05) is 11.7 Å². The zero-order valence-corrected chi connectivity index (χ0v) is 13.8. The van der Waals surface area contributed by atoms with Crippen LogP contribution in [-0.2, 0) is 4.74 Å². The Bertz CT molecular complexity index is 769. The van der Waals surface area contributed by atoms with Gasteiger partial charge in [-0.05, 0) is 36.2 Å². The van der Waals surface area contributed by atoms with E-state index in [1.807, 2.05) is 37.3 Å². The quantitative estimate of drug-likeness (QED) is 0.909. The van der Waals surface area contributed by atoms with Gasteiger partial charge in [-0.15, -0.1) is 0 Å². The predicted molar refractivity (Wildman–Crippen MR) is 89.0 cm³/mol. The van der Waals surface area contributed by atoms with Gasteiger partial charge in [-0.3, -0.25) is 4.90 Å². The third kappa shape index (κ3) is 3.09. The summed E-state index contributed by atoms with van der Waals surface area (Å²) >= 11 is 7.03. The number of nitrogens with zero attached hydrogens (tertiary/aromatic N) is 3. The van der Waals surface area contributed by atoms with Crippen molar-refractivity contribution in [2.45, 2.75) is 13.0 Å². The largest absolute Gasteiger partial charge is 0.447 e. The monoisotopic (exact) mass is 348 g/mol. The lowest BCUT2D eigenvalue weighted by Gasteiger charge is -2.17. The molecule has 1 atom stereocenters. The van der Waals surface area contributed by atoms with Crippen molar-refractivity contribution in [1.29, 1.82) is 5.26 Å². The molecule has 1 fully saturated rings. The molecule has 1 aliphatic rings. The van der Waals surface area contributed by atoms with E-state index in [1.54, 1.807) is 4.90 Å². The van der Waals surface area contributed by atoms with Crippen molar-refractivity contribution >= 4 is 39.9 Å². The second-order valence-corrected chi connectivity index (χ2v) is 6.14. The number of benzene rings is 1. The minimum absolute atomic E-state index is 0.0294. The molecule has 1 saturated heterocycles. The Balaban J connectivity index is 1.74. The van der Waals surface area contributed by atoms with Crippen LogP contribution in [0.2, 0.25) is 5.15 Å². The van der Waals surface area contributed by atoms with Gasteiger partial charge in [0.15, 0.2) is 5.15 Å². The standard InChI is InChI=1S/C15H13ClN4O2S/c1-9(18-14-12(8-17)13(16)19-23-14)10-2-4-11(5-3-10)20-6-7-22-15(20)21/h2-5,9,18H,6-7H2,1H3. The Morgan fingerprint density at radius 2 is 2.22 bits per heavy atom. The number of rotatable bonds is 4. The predicted octanol–water partition coefficient (Wildman–Crippen LogP) is 3.80. The molecule has 1 N–H and O–H groups in total. The molecule has 1 aliphatic heterocycles. The van der Waals surface area contributed by atoms with E-state index >= 15 is 0 Å². The van der Waals surface area contributed by atoms with Crippen molar-refractivity contribution in [1.82, 2.24) is 4.37 Å². The number of nitriles is 1. The highest BCUT2D eigenvalue weighted by molar-refractivity contribution is 7.10. The topological polar surface area (TPSA) is 78.2 Å². The SMILES string of the molecule is CC(Nc1snc(Cl)c1C#N)c1ccc(N2CCOC2=O)cc1. The molecule has 6 nitrogen and oxygen atoms in total. The molecule has 8 heteroatoms. The van der Waals surface area contributed by atoms with Crippen molar-refractivity contribution in [3.63, 3.8) is 0 Å². The normalized spacial score (nSPS) is 15.2. The van der Waals surface area contributed by atoms with Gasteiger partial charge in [0.1, 0.15) is 23.2 Å². The zero-order valence-electron chi connectivity index (χ0n) is 12.2. The summed E-state index contributed by atoms with van der Waals surface area (Å²) in [7, 11) is 0. The molecule has 0 radical (unpaired) electrons. The molecular formula is C15H13ClN4O2S. The van der Waals surface area contributed by atoms with E-state index in [2.05, 4.69) is 9.69 Å². The fourth-order valence-electron chi connectivity index (χ4n) is 2.32. The molecule has 2 heterocycles. The van der Waals surface area contributed by atoms with Crippen molar-refractivity contribution < 1.29 is 9.53 Å². The van der Waals surface area contributed by atoms with E-state index in [9.17, 15) is 4.79 Å². The van der Waals surface area contributed by atoms with E-state index in [0.717, 1.165) is 22.8 Å². The summed E-state index contributed by atoms with van der Waals surface area (Å²) in [6, 6.07) is 9.65. The van der Waals surface area contributed by atoms with Gasteiger partial charge in [-0.25, -0.2) is 4.79 Å². The third-order valence-corrected chi connectivity index (χ3v) is 4.73. The average Bonchev–Trinajstić information content (AvgIpc) is 3.13. The number of halogens is 1. The maximum absolute atomic E-state index is 11.6. The molecule has 3 rings (SSSR count). The van der Waals surface area contributed by atoms with Crippen LogP contribution in [-0.4, -0.2) is 23.6 Å². The minimum Gasteiger partial charge on any atom is -0.447 e. The van der Waals surface area contributed by atoms with Gasteiger partial charge in [0.05, 0.1) is 6.54 Å². The van der Waals surface area contributed by atoms with Gasteiger partial charge < -0.3 is 10.1 Å². The number of amides is 1. The minimum atomic E-state index is -0.318. The van der Waals surface area contributed by atoms with Gasteiger partial charge in [-0.1, -0.05) is 23.7 Å². The summed E-state index contributed by atoms with van der Waals surface area (Å²) in [6.07, 6.45) is -0.318. The van der Waals surface area contributed by atoms with E-state index in [0.29, 0.717) is 23.7 Å². The van der Waals surface area contributed by atoms with Crippen molar-refractivity contribution in [3.8, 4) is 6.07 Å². The number of carbonyl (C=O) groups excluding carboxylic acids is 1. The highest BCUT2D eigenvalue weighted by Crippen LogP contribution is 2.31. The van der Waals surface area contributed by atoms with Gasteiger partial charge >= 0.3 is 6.09 Å². The summed E-state index contributed by atoms with van der Waals surface area (Å²) < 4.78 is 8.90. The van der Waals surface area contributed by atoms with Crippen molar-refractivity contribution in [3.05, 3.63) is 40.5 Å². The van der Waals surface area contributed by atoms with Crippen LogP contribution in [0.15, 0.2) is 24.3 Å². The number of nitrogens with one attached hydrogen (secondary N) is 1. The second-order valence-electron chi connectivity index (χ2n) is 5.01. The fourth-order valence-corrected chi connectivity index (χ4v) is 3.34. The Hall–Kier alpha value is -2.30. The van der Waals surface area contributed by atoms with Gasteiger partial charge in [0.2, 0.25) is 0 Å². The lowest BCUT2D eigenvalue weighted by Crippen LogP contribution is -2.23. The van der Waals surface area contributed by atoms with Crippen LogP contribution in [0.1, 0.15) is 24.1 Å². The summed E-state index contributed by atoms with van der Waals surface area (Å²) in [5.74, 6) is 0. The Labute approximate surface area is 142 Å². The first-order valence-electron chi connectivity index (χ1n) is 6.96. The van der Waals surface area contributed by atoms with Crippen LogP contribution < -0.4 is 10.2 Å². The molecule has 23 heavy (non-hydrogen) atoms. The molecule has 1 unspecified atom stereocenters. The molecule has 1 aromatic heterocycles. The molecule has 2 aromatic rings. The number of hydrogen-bond donors (Lipinski definition) is 1. The Morgan fingerprint density at radius 1 is 1.48 bits per heavy atom. The maximum Gasteiger partial charge on any atom is 0.414 e. The summed E-state index contributed by atoms with van der Waals surface area (Å²) in [4.78, 5) is 13.1. The number of hydrogen-bond acceptors (Lipinski definition) is 6. The smallest absolute Gasteiger partial charge is 0.414 e. The maximum atomic E-state index is 11.6. The number of carbonyl (C=O) groups is 1. The zero-order chi connectivity index (χ0) is 16.4. The molecule has 0 spiro atoms. The first kappa shape index (κ1) is 15.6. The molecule has 1 aromatic carbocycles. The molecule has 118 valence electrons. The van der Waals surface area contributed by atoms with E-state index in [1.165, 1.54) is 0 Å². The Morgan fingerprint density at radius 3 is 2.83 bits per heavy atom. The molecule has 0 bridgehead atoms. The van der Waals surface area contributed by atoms with Gasteiger partial charge in [-0.2, -0.15) is 9.64 Å². The summed E-state index contributed by atoms with van der Waals surface area (Å²) in [5.41, 5.74) is 2.19. The van der Waals surface area contributed by atoms with E-state index in [-0.39, 0.29) is 17.3 Å². The first-order chi connectivity index (χ1) is 11.1. The highest BCUT2D eigenvalue weighted by atomic mass is 35.5. The highest BCUT2D eigenvalue weighted by Gasteiger charge is 2.23. The van der Waals surface area contributed by atoms with Crippen LogP contribution >= 0.6 is 23.1 Å². The van der Waals surface area contributed by atoms with E-state index in [4.69, 9.17) is 21.6 Å². The van der Waals surface area contributed by atoms with Crippen LogP contribution in [0.25, 0.3) is 0 Å². The third-order valence-electron chi connectivity index (χ3n) is 3.58. The molecule has 0 aliphatic carbocycles. The number of aromatic nitrogens is 1. The lowest BCUT2D eigenvalue weighted by molar-refractivity contribution is 0.181. The molecule has 1 amide bonds. The van der Waals surface area contributed by atoms with E-state index < -0.39 is 0 Å². The van der Waals surface area contributed by atoms with Crippen LogP contribution in [0.3, 0.4) is 0 Å². The fraction of sp³-hybridized carbons (Fsp3) is 0.267. The number of cyclic esters (lactones) is 1. The Kier molecular flexibility index (Phi) is 4.37. The first-order valence-corrected chi connectivity index (χ1v) is 8.11. The number of ether oxygens (including phenoxy) is 1. The van der Waals surface area contributed by atoms with Crippen molar-refractivity contribution in [2.75, 3.05) is 23.4 Å². The van der Waals surface area contributed by atoms with Crippen molar-refractivity contribution in [2.24, 2.45) is 0 Å².